The van der Waals surface area contributed by atoms with Gasteiger partial charge in [0.05, 0.1) is 11.1 Å². The van der Waals surface area contributed by atoms with E-state index in [2.05, 4.69) is 0 Å². The van der Waals surface area contributed by atoms with Crippen LogP contribution in [0.3, 0.4) is 0 Å². The number of hydrogen-bond donors (Lipinski definition) is 5. The summed E-state index contributed by atoms with van der Waals surface area (Å²) in [7, 11) is 0. The Morgan fingerprint density at radius 3 is 1.97 bits per heavy atom. The molecule has 8 nitrogen and oxygen atoms in total. The van der Waals surface area contributed by atoms with E-state index in [4.69, 9.17) is 0 Å². The second-order valence-corrected chi connectivity index (χ2v) is 7.69. The number of aliphatic hydroxyl groups excluding tert-OH is 1. The molecule has 0 saturated heterocycles. The maximum absolute atomic E-state index is 13.0. The van der Waals surface area contributed by atoms with Crippen molar-refractivity contribution in [2.75, 3.05) is 0 Å². The molecule has 29 heavy (non-hydrogen) atoms. The van der Waals surface area contributed by atoms with Crippen molar-refractivity contribution in [3.05, 3.63) is 57.6 Å². The Kier molecular flexibility index (Phi) is 3.80. The van der Waals surface area contributed by atoms with Crippen molar-refractivity contribution in [3.8, 4) is 11.5 Å². The molecule has 0 spiro atoms. The molecular formula is C21H18O8. The fourth-order valence-electron chi connectivity index (χ4n) is 4.28. The van der Waals surface area contributed by atoms with Crippen LogP contribution in [0.25, 0.3) is 0 Å². The molecule has 0 heterocycles. The number of phenols is 2. The second kappa shape index (κ2) is 5.73. The van der Waals surface area contributed by atoms with Crippen molar-refractivity contribution in [2.24, 2.45) is 0 Å². The number of carbonyl (C=O) groups excluding carboxylic acids is 3. The lowest BCUT2D eigenvalue weighted by Gasteiger charge is -2.47. The van der Waals surface area contributed by atoms with Gasteiger partial charge in [0.1, 0.15) is 23.2 Å². The number of hydrogen-bond acceptors (Lipinski definition) is 8. The van der Waals surface area contributed by atoms with Crippen molar-refractivity contribution in [1.82, 2.24) is 0 Å². The Balaban J connectivity index is 2.08. The van der Waals surface area contributed by atoms with Crippen LogP contribution in [0.15, 0.2) is 24.3 Å². The lowest BCUT2D eigenvalue weighted by atomic mass is 9.64. The Labute approximate surface area is 164 Å². The van der Waals surface area contributed by atoms with Gasteiger partial charge in [-0.25, -0.2) is 0 Å². The summed E-state index contributed by atoms with van der Waals surface area (Å²) in [5, 5.41) is 53.8. The molecule has 0 radical (unpaired) electrons. The highest BCUT2D eigenvalue weighted by Gasteiger charge is 2.60. The fourth-order valence-corrected chi connectivity index (χ4v) is 4.28. The number of fused-ring (bicyclic) bond motifs is 3. The minimum atomic E-state index is -2.49. The molecule has 0 aliphatic heterocycles. The number of benzene rings is 2. The smallest absolute Gasteiger partial charge is 0.198 e. The third-order valence-electron chi connectivity index (χ3n) is 6.12. The molecule has 4 rings (SSSR count). The van der Waals surface area contributed by atoms with Gasteiger partial charge >= 0.3 is 0 Å². The number of ketones is 3. The molecular weight excluding hydrogens is 380 g/mol. The van der Waals surface area contributed by atoms with Gasteiger partial charge in [-0.3, -0.25) is 14.4 Å². The van der Waals surface area contributed by atoms with Gasteiger partial charge in [-0.2, -0.15) is 0 Å². The Morgan fingerprint density at radius 1 is 1.00 bits per heavy atom. The summed E-state index contributed by atoms with van der Waals surface area (Å²) in [5.41, 5.74) is -6.50. The Bertz CT molecular complexity index is 1130. The molecule has 2 aliphatic carbocycles. The molecule has 0 saturated carbocycles. The van der Waals surface area contributed by atoms with Crippen LogP contribution in [0, 0.1) is 0 Å². The average molecular weight is 398 g/mol. The monoisotopic (exact) mass is 398 g/mol. The van der Waals surface area contributed by atoms with E-state index < -0.39 is 69.3 Å². The molecule has 2 aliphatic rings. The SMILES string of the molecule is CC(=O)[C@]1(O)Cc2c(O)c3c(c(O)c2[C@@H](O)[C@]1(C)O)C(=O)c1ccccc1C3=O. The van der Waals surface area contributed by atoms with E-state index in [1.54, 1.807) is 6.07 Å². The van der Waals surface area contributed by atoms with E-state index in [1.165, 1.54) is 18.2 Å². The van der Waals surface area contributed by atoms with Crippen molar-refractivity contribution in [3.63, 3.8) is 0 Å². The molecule has 5 N–H and O–H groups in total. The first kappa shape index (κ1) is 19.3. The summed E-state index contributed by atoms with van der Waals surface area (Å²) in [5.74, 6) is -3.83. The zero-order valence-electron chi connectivity index (χ0n) is 15.6. The van der Waals surface area contributed by atoms with Crippen LogP contribution >= 0.6 is 0 Å². The van der Waals surface area contributed by atoms with E-state index in [0.29, 0.717) is 0 Å². The number of phenolic OH excluding ortho intramolecular Hbond substituents is 2. The van der Waals surface area contributed by atoms with E-state index in [-0.39, 0.29) is 16.7 Å². The molecule has 0 bridgehead atoms. The van der Waals surface area contributed by atoms with Crippen molar-refractivity contribution < 1.29 is 39.9 Å². The number of rotatable bonds is 1. The summed E-state index contributed by atoms with van der Waals surface area (Å²) in [6.07, 6.45) is -2.69. The van der Waals surface area contributed by atoms with E-state index in [9.17, 15) is 39.9 Å². The predicted octanol–water partition coefficient (Wildman–Crippen LogP) is 0.534. The number of aliphatic hydroxyl groups is 3. The first-order valence-corrected chi connectivity index (χ1v) is 8.88. The Hall–Kier alpha value is -3.07. The largest absolute Gasteiger partial charge is 0.507 e. The fraction of sp³-hybridized carbons (Fsp3) is 0.286. The standard InChI is InChI=1S/C21H18O8/c1-8(22)21(29)7-11-12(19(27)20(21,2)28)18(26)14-13(17(11)25)15(23)9-5-3-4-6-10(9)16(14)24/h3-6,19,25-29H,7H2,1-2H3/t19-,20+,21-/m1/s1. The highest BCUT2D eigenvalue weighted by atomic mass is 16.4. The normalized spacial score (nSPS) is 27.8. The quantitative estimate of drug-likeness (QED) is 0.372. The number of Topliss-reactive ketones (excluding diaryl/α,β-unsaturated/α-hetero) is 1. The number of carbonyl (C=O) groups is 3. The molecule has 0 fully saturated rings. The van der Waals surface area contributed by atoms with Gasteiger partial charge in [-0.1, -0.05) is 24.3 Å². The van der Waals surface area contributed by atoms with Gasteiger partial charge in [-0.15, -0.1) is 0 Å². The van der Waals surface area contributed by atoms with Crippen LogP contribution in [0.2, 0.25) is 0 Å². The molecule has 8 heteroatoms. The summed E-state index contributed by atoms with van der Waals surface area (Å²) >= 11 is 0. The molecule has 0 aromatic heterocycles. The highest BCUT2D eigenvalue weighted by molar-refractivity contribution is 6.30. The molecule has 150 valence electrons. The van der Waals surface area contributed by atoms with Gasteiger partial charge in [0, 0.05) is 28.7 Å². The molecule has 0 unspecified atom stereocenters. The van der Waals surface area contributed by atoms with Gasteiger partial charge in [0.15, 0.2) is 23.0 Å². The summed E-state index contributed by atoms with van der Waals surface area (Å²) in [6.45, 7) is 2.02. The van der Waals surface area contributed by atoms with Gasteiger partial charge in [-0.05, 0) is 13.8 Å². The topological polar surface area (TPSA) is 152 Å². The maximum atomic E-state index is 13.0. The lowest BCUT2D eigenvalue weighted by molar-refractivity contribution is -0.203. The minimum Gasteiger partial charge on any atom is -0.507 e. The summed E-state index contributed by atoms with van der Waals surface area (Å²) in [4.78, 5) is 38.0. The lowest BCUT2D eigenvalue weighted by Crippen LogP contribution is -2.63. The van der Waals surface area contributed by atoms with Gasteiger partial charge in [0.25, 0.3) is 0 Å². The second-order valence-electron chi connectivity index (χ2n) is 7.69. The van der Waals surface area contributed by atoms with Crippen LogP contribution in [0.4, 0.5) is 0 Å². The predicted molar refractivity (Wildman–Crippen MR) is 98.0 cm³/mol. The van der Waals surface area contributed by atoms with Crippen LogP contribution in [-0.4, -0.2) is 54.1 Å². The van der Waals surface area contributed by atoms with Crippen molar-refractivity contribution in [1.29, 1.82) is 0 Å². The van der Waals surface area contributed by atoms with Crippen LogP contribution in [-0.2, 0) is 11.2 Å². The first-order chi connectivity index (χ1) is 13.4. The zero-order chi connectivity index (χ0) is 21.5. The van der Waals surface area contributed by atoms with E-state index >= 15 is 0 Å². The zero-order valence-corrected chi connectivity index (χ0v) is 15.6. The summed E-state index contributed by atoms with van der Waals surface area (Å²) in [6, 6.07) is 5.88. The average Bonchev–Trinajstić information content (AvgIpc) is 2.67. The minimum absolute atomic E-state index is 0.0250. The van der Waals surface area contributed by atoms with Crippen LogP contribution in [0.5, 0.6) is 11.5 Å². The molecule has 0 amide bonds. The number of aromatic hydroxyl groups is 2. The maximum Gasteiger partial charge on any atom is 0.198 e. The highest BCUT2D eigenvalue weighted by Crippen LogP contribution is 2.53. The van der Waals surface area contributed by atoms with E-state index in [1.807, 2.05) is 0 Å². The van der Waals surface area contributed by atoms with Crippen LogP contribution < -0.4 is 0 Å². The van der Waals surface area contributed by atoms with Crippen molar-refractivity contribution >= 4 is 17.3 Å². The van der Waals surface area contributed by atoms with Crippen molar-refractivity contribution in [2.45, 2.75) is 37.6 Å². The van der Waals surface area contributed by atoms with E-state index in [0.717, 1.165) is 13.8 Å². The molecule has 2 aromatic rings. The van der Waals surface area contributed by atoms with Gasteiger partial charge in [0.2, 0.25) is 0 Å². The Morgan fingerprint density at radius 2 is 1.48 bits per heavy atom. The molecule has 2 aromatic carbocycles. The third-order valence-corrected chi connectivity index (χ3v) is 6.12. The summed E-state index contributed by atoms with van der Waals surface area (Å²) < 4.78 is 0. The third kappa shape index (κ3) is 2.16. The first-order valence-electron chi connectivity index (χ1n) is 8.88. The van der Waals surface area contributed by atoms with Gasteiger partial charge < -0.3 is 25.5 Å². The van der Waals surface area contributed by atoms with Crippen LogP contribution in [0.1, 0.15) is 62.9 Å². The molecule has 3 atom stereocenters.